The molecule has 0 spiro atoms. The molecule has 1 unspecified atom stereocenters. The molecule has 0 bridgehead atoms. The monoisotopic (exact) mass is 339 g/mol. The van der Waals surface area contributed by atoms with E-state index in [4.69, 9.17) is 27.9 Å². The Bertz CT molecular complexity index is 661. The molecule has 1 aliphatic heterocycles. The average Bonchev–Trinajstić information content (AvgIpc) is 3.15. The molecule has 1 amide bonds. The maximum atomic E-state index is 12.2. The first-order valence-electron chi connectivity index (χ1n) is 6.98. The van der Waals surface area contributed by atoms with Crippen molar-refractivity contribution in [3.05, 3.63) is 46.1 Å². The number of hydrogen-bond acceptors (Lipinski definition) is 3. The van der Waals surface area contributed by atoms with Crippen molar-refractivity contribution in [1.29, 1.82) is 0 Å². The van der Waals surface area contributed by atoms with Gasteiger partial charge in [-0.15, -0.1) is 0 Å². The zero-order chi connectivity index (χ0) is 15.5. The number of carbonyl (C=O) groups is 1. The summed E-state index contributed by atoms with van der Waals surface area (Å²) in [5, 5.41) is 8.26. The lowest BCUT2D eigenvalue weighted by Crippen LogP contribution is -2.24. The molecule has 116 valence electrons. The quantitative estimate of drug-likeness (QED) is 0.930. The third-order valence-corrected chi connectivity index (χ3v) is 4.35. The predicted molar refractivity (Wildman–Crippen MR) is 85.3 cm³/mol. The number of aromatic nitrogens is 2. The van der Waals surface area contributed by atoms with E-state index in [1.807, 2.05) is 0 Å². The van der Waals surface area contributed by atoms with Gasteiger partial charge in [-0.2, -0.15) is 5.10 Å². The molecule has 2 aromatic rings. The normalized spacial score (nSPS) is 17.6. The van der Waals surface area contributed by atoms with E-state index in [9.17, 15) is 4.79 Å². The molecule has 1 aromatic carbocycles. The number of ether oxygens (including phenoxy) is 1. The Balaban J connectivity index is 1.76. The first-order chi connectivity index (χ1) is 10.6. The fourth-order valence-electron chi connectivity index (χ4n) is 2.37. The molecule has 5 nitrogen and oxygen atoms in total. The van der Waals surface area contributed by atoms with Gasteiger partial charge in [0.05, 0.1) is 25.3 Å². The van der Waals surface area contributed by atoms with Crippen LogP contribution in [0.4, 0.5) is 5.82 Å². The summed E-state index contributed by atoms with van der Waals surface area (Å²) in [5.74, 6) is 0.463. The van der Waals surface area contributed by atoms with Gasteiger partial charge in [-0.1, -0.05) is 29.3 Å². The van der Waals surface area contributed by atoms with Gasteiger partial charge in [0, 0.05) is 28.3 Å². The largest absolute Gasteiger partial charge is 0.381 e. The Morgan fingerprint density at radius 3 is 2.82 bits per heavy atom. The second-order valence-electron chi connectivity index (χ2n) is 5.12. The summed E-state index contributed by atoms with van der Waals surface area (Å²) in [5.41, 5.74) is 0.772. The van der Waals surface area contributed by atoms with Crippen molar-refractivity contribution in [3.63, 3.8) is 0 Å². The van der Waals surface area contributed by atoms with Crippen LogP contribution in [0.3, 0.4) is 0 Å². The lowest BCUT2D eigenvalue weighted by Gasteiger charge is -2.13. The lowest BCUT2D eigenvalue weighted by molar-refractivity contribution is -0.119. The highest BCUT2D eigenvalue weighted by Crippen LogP contribution is 2.26. The van der Waals surface area contributed by atoms with Crippen LogP contribution in [0.1, 0.15) is 12.0 Å². The van der Waals surface area contributed by atoms with E-state index in [-0.39, 0.29) is 11.8 Å². The van der Waals surface area contributed by atoms with Crippen molar-refractivity contribution >= 4 is 34.9 Å². The Morgan fingerprint density at radius 1 is 1.36 bits per heavy atom. The standard InChI is InChI=1S/C15H15Cl2N3O2/c16-12-2-1-3-13(17)11(12)8-20-14(4-6-18-20)19-15(21)10-5-7-22-9-10/h1-4,6,10H,5,7-9H2,(H,19,21). The molecule has 0 saturated carbocycles. The molecular weight excluding hydrogens is 325 g/mol. The molecule has 1 fully saturated rings. The minimum atomic E-state index is -0.104. The third kappa shape index (κ3) is 3.27. The number of hydrogen-bond donors (Lipinski definition) is 1. The number of amides is 1. The van der Waals surface area contributed by atoms with E-state index in [0.29, 0.717) is 35.6 Å². The van der Waals surface area contributed by atoms with Crippen LogP contribution >= 0.6 is 23.2 Å². The highest BCUT2D eigenvalue weighted by Gasteiger charge is 2.24. The molecule has 1 N–H and O–H groups in total. The minimum Gasteiger partial charge on any atom is -0.381 e. The predicted octanol–water partition coefficient (Wildman–Crippen LogP) is 3.21. The lowest BCUT2D eigenvalue weighted by atomic mass is 10.1. The summed E-state index contributed by atoms with van der Waals surface area (Å²) in [4.78, 5) is 12.2. The topological polar surface area (TPSA) is 56.2 Å². The first kappa shape index (κ1) is 15.3. The molecule has 22 heavy (non-hydrogen) atoms. The van der Waals surface area contributed by atoms with Gasteiger partial charge in [-0.25, -0.2) is 4.68 Å². The van der Waals surface area contributed by atoms with Gasteiger partial charge in [0.1, 0.15) is 5.82 Å². The third-order valence-electron chi connectivity index (χ3n) is 3.64. The van der Waals surface area contributed by atoms with Gasteiger partial charge in [-0.05, 0) is 18.6 Å². The summed E-state index contributed by atoms with van der Waals surface area (Å²) >= 11 is 12.4. The molecule has 1 aromatic heterocycles. The Labute approximate surface area is 138 Å². The fraction of sp³-hybridized carbons (Fsp3) is 0.333. The van der Waals surface area contributed by atoms with Gasteiger partial charge in [0.2, 0.25) is 5.91 Å². The highest BCUT2D eigenvalue weighted by molar-refractivity contribution is 6.35. The number of anilines is 1. The molecular formula is C15H15Cl2N3O2. The minimum absolute atomic E-state index is 0.0514. The molecule has 1 saturated heterocycles. The number of nitrogens with zero attached hydrogens (tertiary/aromatic N) is 2. The average molecular weight is 340 g/mol. The summed E-state index contributed by atoms with van der Waals surface area (Å²) in [6.45, 7) is 1.49. The van der Waals surface area contributed by atoms with Crippen molar-refractivity contribution in [3.8, 4) is 0 Å². The van der Waals surface area contributed by atoms with Crippen LogP contribution in [0.25, 0.3) is 0 Å². The summed E-state index contributed by atoms with van der Waals surface area (Å²) < 4.78 is 6.90. The number of benzene rings is 1. The van der Waals surface area contributed by atoms with Crippen molar-refractivity contribution in [2.45, 2.75) is 13.0 Å². The molecule has 1 atom stereocenters. The van der Waals surface area contributed by atoms with E-state index < -0.39 is 0 Å². The number of halogens is 2. The SMILES string of the molecule is O=C(Nc1ccnn1Cc1c(Cl)cccc1Cl)C1CCOC1. The second-order valence-corrected chi connectivity index (χ2v) is 5.94. The summed E-state index contributed by atoms with van der Waals surface area (Å²) in [6.07, 6.45) is 2.38. The van der Waals surface area contributed by atoms with E-state index in [0.717, 1.165) is 12.0 Å². The van der Waals surface area contributed by atoms with Crippen LogP contribution in [0.2, 0.25) is 10.0 Å². The highest BCUT2D eigenvalue weighted by atomic mass is 35.5. The van der Waals surface area contributed by atoms with E-state index in [1.165, 1.54) is 0 Å². The molecule has 0 aliphatic carbocycles. The Hall–Kier alpha value is -1.56. The number of carbonyl (C=O) groups excluding carboxylic acids is 1. The van der Waals surface area contributed by atoms with Gasteiger partial charge in [0.25, 0.3) is 0 Å². The number of nitrogens with one attached hydrogen (secondary N) is 1. The van der Waals surface area contributed by atoms with Crippen molar-refractivity contribution in [2.24, 2.45) is 5.92 Å². The summed E-state index contributed by atoms with van der Waals surface area (Å²) in [6, 6.07) is 7.10. The second kappa shape index (κ2) is 6.69. The molecule has 3 rings (SSSR count). The van der Waals surface area contributed by atoms with Crippen molar-refractivity contribution in [2.75, 3.05) is 18.5 Å². The van der Waals surface area contributed by atoms with Crippen LogP contribution in [0, 0.1) is 5.92 Å². The van der Waals surface area contributed by atoms with Gasteiger partial charge < -0.3 is 10.1 Å². The maximum Gasteiger partial charge on any atom is 0.231 e. The van der Waals surface area contributed by atoms with Crippen LogP contribution < -0.4 is 5.32 Å². The van der Waals surface area contributed by atoms with Crippen LogP contribution in [-0.4, -0.2) is 28.9 Å². The molecule has 0 radical (unpaired) electrons. The maximum absolute atomic E-state index is 12.2. The fourth-order valence-corrected chi connectivity index (χ4v) is 2.88. The smallest absolute Gasteiger partial charge is 0.231 e. The van der Waals surface area contributed by atoms with Gasteiger partial charge in [-0.3, -0.25) is 4.79 Å². The van der Waals surface area contributed by atoms with Crippen LogP contribution in [0.15, 0.2) is 30.5 Å². The van der Waals surface area contributed by atoms with E-state index in [1.54, 1.807) is 35.1 Å². The molecule has 7 heteroatoms. The van der Waals surface area contributed by atoms with Gasteiger partial charge >= 0.3 is 0 Å². The summed E-state index contributed by atoms with van der Waals surface area (Å²) in [7, 11) is 0. The molecule has 1 aliphatic rings. The Morgan fingerprint density at radius 2 is 2.14 bits per heavy atom. The van der Waals surface area contributed by atoms with Crippen LogP contribution in [0.5, 0.6) is 0 Å². The zero-order valence-corrected chi connectivity index (χ0v) is 13.3. The Kier molecular flexibility index (Phi) is 4.66. The molecule has 2 heterocycles. The zero-order valence-electron chi connectivity index (χ0n) is 11.8. The number of rotatable bonds is 4. The first-order valence-corrected chi connectivity index (χ1v) is 7.74. The van der Waals surface area contributed by atoms with E-state index in [2.05, 4.69) is 10.4 Å². The van der Waals surface area contributed by atoms with Crippen molar-refractivity contribution in [1.82, 2.24) is 9.78 Å². The van der Waals surface area contributed by atoms with Crippen molar-refractivity contribution < 1.29 is 9.53 Å². The van der Waals surface area contributed by atoms with Gasteiger partial charge in [0.15, 0.2) is 0 Å². The van der Waals surface area contributed by atoms with E-state index >= 15 is 0 Å². The van der Waals surface area contributed by atoms with Crippen LogP contribution in [-0.2, 0) is 16.1 Å².